The second kappa shape index (κ2) is 6.01. The quantitative estimate of drug-likeness (QED) is 0.881. The number of rotatable bonds is 4. The molecule has 0 radical (unpaired) electrons. The van der Waals surface area contributed by atoms with Crippen molar-refractivity contribution in [2.45, 2.75) is 12.5 Å². The van der Waals surface area contributed by atoms with Gasteiger partial charge in [0, 0.05) is 11.6 Å². The first-order valence-corrected chi connectivity index (χ1v) is 7.08. The van der Waals surface area contributed by atoms with Gasteiger partial charge in [0.25, 0.3) is 5.91 Å². The number of amides is 1. The number of benzene rings is 1. The molecule has 0 aliphatic carbocycles. The second-order valence-corrected chi connectivity index (χ2v) is 5.03. The first kappa shape index (κ1) is 13.8. The van der Waals surface area contributed by atoms with Crippen molar-refractivity contribution < 1.29 is 13.6 Å². The summed E-state index contributed by atoms with van der Waals surface area (Å²) in [6.07, 6.45) is 2.52. The van der Waals surface area contributed by atoms with Crippen LogP contribution in [0, 0.1) is 11.6 Å². The predicted molar refractivity (Wildman–Crippen MR) is 71.0 cm³/mol. The molecule has 2 rings (SSSR count). The minimum absolute atomic E-state index is 0.241. The minimum Gasteiger partial charge on any atom is -0.282 e. The van der Waals surface area contributed by atoms with Gasteiger partial charge in [-0.15, -0.1) is 0 Å². The lowest BCUT2D eigenvalue weighted by molar-refractivity contribution is -0.123. The molecule has 1 amide bonds. The Morgan fingerprint density at radius 2 is 1.95 bits per heavy atom. The lowest BCUT2D eigenvalue weighted by Gasteiger charge is -2.22. The van der Waals surface area contributed by atoms with Gasteiger partial charge in [0.05, 0.1) is 0 Å². The molecular weight excluding hydrogens is 272 g/mol. The van der Waals surface area contributed by atoms with Crippen molar-refractivity contribution >= 4 is 23.5 Å². The van der Waals surface area contributed by atoms with Crippen LogP contribution in [0.25, 0.3) is 0 Å². The van der Waals surface area contributed by atoms with Crippen molar-refractivity contribution in [3.05, 3.63) is 35.4 Å². The molecule has 2 N–H and O–H groups in total. The van der Waals surface area contributed by atoms with E-state index in [9.17, 15) is 13.6 Å². The Balaban J connectivity index is 2.25. The molecule has 1 unspecified atom stereocenters. The van der Waals surface area contributed by atoms with E-state index in [0.717, 1.165) is 24.0 Å². The summed E-state index contributed by atoms with van der Waals surface area (Å²) >= 11 is 1.61. The van der Waals surface area contributed by atoms with Crippen LogP contribution in [0.4, 0.5) is 8.78 Å². The number of nitrogens with zero attached hydrogens (tertiary/aromatic N) is 1. The van der Waals surface area contributed by atoms with Gasteiger partial charge in [0.1, 0.15) is 23.5 Å². The van der Waals surface area contributed by atoms with Gasteiger partial charge in [-0.3, -0.25) is 20.6 Å². The maximum atomic E-state index is 13.1. The largest absolute Gasteiger partial charge is 0.282 e. The number of carbonyl (C=O) groups is 1. The summed E-state index contributed by atoms with van der Waals surface area (Å²) in [5.74, 6) is -0.556. The smallest absolute Gasteiger partial charge is 0.263 e. The summed E-state index contributed by atoms with van der Waals surface area (Å²) in [5.41, 5.74) is 5.28. The van der Waals surface area contributed by atoms with E-state index in [-0.39, 0.29) is 17.3 Å². The Kier molecular flexibility index (Phi) is 4.36. The number of amidine groups is 1. The van der Waals surface area contributed by atoms with E-state index in [1.54, 1.807) is 11.8 Å². The van der Waals surface area contributed by atoms with Crippen molar-refractivity contribution in [2.24, 2.45) is 4.99 Å². The molecular formula is C12H13F2N3OS. The highest BCUT2D eigenvalue weighted by molar-refractivity contribution is 7.98. The molecule has 102 valence electrons. The number of aliphatic imine (C=N–C) groups is 1. The standard InChI is InChI=1S/C12H13F2N3OS/c1-19-3-2-10-12(18)17-16-11(15-10)7-4-8(13)6-9(14)5-7/h4-6,10H,2-3H2,1H3,(H,15,16)(H,17,18). The summed E-state index contributed by atoms with van der Waals surface area (Å²) in [6, 6.07) is 2.59. The number of hydrogen-bond acceptors (Lipinski definition) is 4. The third-order valence-corrected chi connectivity index (χ3v) is 3.27. The molecule has 1 atom stereocenters. The van der Waals surface area contributed by atoms with E-state index in [1.165, 1.54) is 0 Å². The van der Waals surface area contributed by atoms with Crippen LogP contribution in [0.15, 0.2) is 23.2 Å². The van der Waals surface area contributed by atoms with Crippen LogP contribution in [-0.4, -0.2) is 29.8 Å². The third kappa shape index (κ3) is 3.44. The lowest BCUT2D eigenvalue weighted by Crippen LogP contribution is -2.51. The number of thioether (sulfide) groups is 1. The average molecular weight is 285 g/mol. The van der Waals surface area contributed by atoms with Crippen LogP contribution in [0.3, 0.4) is 0 Å². The van der Waals surface area contributed by atoms with Crippen molar-refractivity contribution in [1.82, 2.24) is 10.9 Å². The highest BCUT2D eigenvalue weighted by Gasteiger charge is 2.23. The van der Waals surface area contributed by atoms with Gasteiger partial charge in [-0.05, 0) is 30.6 Å². The molecule has 0 bridgehead atoms. The van der Waals surface area contributed by atoms with E-state index >= 15 is 0 Å². The molecule has 4 nitrogen and oxygen atoms in total. The molecule has 1 aromatic carbocycles. The fourth-order valence-electron chi connectivity index (χ4n) is 1.71. The Bertz CT molecular complexity index is 501. The van der Waals surface area contributed by atoms with Crippen LogP contribution in [0.1, 0.15) is 12.0 Å². The van der Waals surface area contributed by atoms with Gasteiger partial charge in [-0.25, -0.2) is 8.78 Å². The van der Waals surface area contributed by atoms with Crippen LogP contribution in [0.2, 0.25) is 0 Å². The Morgan fingerprint density at radius 3 is 2.58 bits per heavy atom. The monoisotopic (exact) mass is 285 g/mol. The fourth-order valence-corrected chi connectivity index (χ4v) is 2.17. The molecule has 1 aliphatic rings. The summed E-state index contributed by atoms with van der Waals surface area (Å²) in [5, 5.41) is 0. The normalized spacial score (nSPS) is 18.6. The zero-order valence-electron chi connectivity index (χ0n) is 10.2. The zero-order chi connectivity index (χ0) is 13.8. The summed E-state index contributed by atoms with van der Waals surface area (Å²) in [4.78, 5) is 15.8. The molecule has 1 heterocycles. The molecule has 7 heteroatoms. The molecule has 1 aromatic rings. The van der Waals surface area contributed by atoms with E-state index in [1.807, 2.05) is 6.26 Å². The van der Waals surface area contributed by atoms with Gasteiger partial charge in [0.15, 0.2) is 0 Å². The molecule has 0 saturated carbocycles. The van der Waals surface area contributed by atoms with Gasteiger partial charge < -0.3 is 0 Å². The predicted octanol–water partition coefficient (Wildman–Crippen LogP) is 1.47. The van der Waals surface area contributed by atoms with Crippen LogP contribution >= 0.6 is 11.8 Å². The Hall–Kier alpha value is -1.63. The first-order valence-electron chi connectivity index (χ1n) is 5.69. The minimum atomic E-state index is -0.683. The first-order chi connectivity index (χ1) is 9.10. The molecule has 0 fully saturated rings. The van der Waals surface area contributed by atoms with Gasteiger partial charge in [-0.2, -0.15) is 11.8 Å². The molecule has 1 aliphatic heterocycles. The van der Waals surface area contributed by atoms with E-state index < -0.39 is 17.7 Å². The van der Waals surface area contributed by atoms with Crippen LogP contribution < -0.4 is 10.9 Å². The summed E-state index contributed by atoms with van der Waals surface area (Å²) < 4.78 is 26.3. The SMILES string of the molecule is CSCCC1N=C(c2cc(F)cc(F)c2)NNC1=O. The highest BCUT2D eigenvalue weighted by atomic mass is 32.2. The average Bonchev–Trinajstić information content (AvgIpc) is 2.36. The fraction of sp³-hybridized carbons (Fsp3) is 0.333. The van der Waals surface area contributed by atoms with Crippen molar-refractivity contribution in [3.8, 4) is 0 Å². The number of halogens is 2. The summed E-state index contributed by atoms with van der Waals surface area (Å²) in [7, 11) is 0. The van der Waals surface area contributed by atoms with Crippen molar-refractivity contribution in [1.29, 1.82) is 0 Å². The zero-order valence-corrected chi connectivity index (χ0v) is 11.1. The molecule has 0 aromatic heterocycles. The maximum absolute atomic E-state index is 13.1. The van der Waals surface area contributed by atoms with Crippen LogP contribution in [-0.2, 0) is 4.79 Å². The van der Waals surface area contributed by atoms with E-state index in [4.69, 9.17) is 0 Å². The third-order valence-electron chi connectivity index (χ3n) is 2.62. The van der Waals surface area contributed by atoms with Crippen LogP contribution in [0.5, 0.6) is 0 Å². The number of hydrazine groups is 1. The van der Waals surface area contributed by atoms with Crippen molar-refractivity contribution in [3.63, 3.8) is 0 Å². The number of nitrogens with one attached hydrogen (secondary N) is 2. The van der Waals surface area contributed by atoms with Gasteiger partial charge in [-0.1, -0.05) is 0 Å². The topological polar surface area (TPSA) is 53.5 Å². The molecule has 0 saturated heterocycles. The lowest BCUT2D eigenvalue weighted by atomic mass is 10.1. The maximum Gasteiger partial charge on any atom is 0.263 e. The molecule has 19 heavy (non-hydrogen) atoms. The number of hydrogen-bond donors (Lipinski definition) is 2. The summed E-state index contributed by atoms with van der Waals surface area (Å²) in [6.45, 7) is 0. The highest BCUT2D eigenvalue weighted by Crippen LogP contribution is 2.12. The Labute approximate surface area is 113 Å². The van der Waals surface area contributed by atoms with E-state index in [2.05, 4.69) is 15.8 Å². The van der Waals surface area contributed by atoms with Gasteiger partial charge >= 0.3 is 0 Å². The van der Waals surface area contributed by atoms with Gasteiger partial charge in [0.2, 0.25) is 0 Å². The number of carbonyl (C=O) groups excluding carboxylic acids is 1. The van der Waals surface area contributed by atoms with E-state index in [0.29, 0.717) is 6.42 Å². The van der Waals surface area contributed by atoms with Crippen molar-refractivity contribution in [2.75, 3.05) is 12.0 Å². The molecule has 0 spiro atoms. The Morgan fingerprint density at radius 1 is 1.26 bits per heavy atom. The second-order valence-electron chi connectivity index (χ2n) is 4.05.